The Morgan fingerprint density at radius 2 is 1.81 bits per heavy atom. The standard InChI is InChI=1S/C15H26O6/c1-6-18-14(20-10-9-19-13(4)5)11-17-7-8-21-15(16)12(2)3/h6,13-14H,1-2,7-11H2,3-5H3. The van der Waals surface area contributed by atoms with Gasteiger partial charge in [-0.2, -0.15) is 0 Å². The van der Waals surface area contributed by atoms with Gasteiger partial charge in [-0.3, -0.25) is 0 Å². The van der Waals surface area contributed by atoms with Crippen molar-refractivity contribution in [1.82, 2.24) is 0 Å². The summed E-state index contributed by atoms with van der Waals surface area (Å²) in [6.07, 6.45) is 0.889. The molecule has 0 bridgehead atoms. The number of hydrogen-bond donors (Lipinski definition) is 0. The van der Waals surface area contributed by atoms with Crippen LogP contribution in [0.15, 0.2) is 25.0 Å². The molecule has 0 rings (SSSR count). The van der Waals surface area contributed by atoms with Crippen LogP contribution in [0.2, 0.25) is 0 Å². The van der Waals surface area contributed by atoms with Gasteiger partial charge in [-0.05, 0) is 20.8 Å². The zero-order valence-corrected chi connectivity index (χ0v) is 13.1. The van der Waals surface area contributed by atoms with Gasteiger partial charge >= 0.3 is 5.97 Å². The summed E-state index contributed by atoms with van der Waals surface area (Å²) in [5.41, 5.74) is 0.358. The van der Waals surface area contributed by atoms with E-state index in [0.29, 0.717) is 18.8 Å². The summed E-state index contributed by atoms with van der Waals surface area (Å²) in [6.45, 7) is 13.9. The largest absolute Gasteiger partial charge is 0.471 e. The van der Waals surface area contributed by atoms with Gasteiger partial charge in [-0.15, -0.1) is 0 Å². The predicted molar refractivity (Wildman–Crippen MR) is 78.7 cm³/mol. The molecule has 0 aliphatic carbocycles. The third-order valence-electron chi connectivity index (χ3n) is 2.15. The zero-order chi connectivity index (χ0) is 16.1. The van der Waals surface area contributed by atoms with Gasteiger partial charge in [0, 0.05) is 5.57 Å². The normalized spacial score (nSPS) is 12.0. The molecule has 1 unspecified atom stereocenters. The summed E-state index contributed by atoms with van der Waals surface area (Å²) in [5, 5.41) is 0. The van der Waals surface area contributed by atoms with E-state index in [1.165, 1.54) is 6.26 Å². The van der Waals surface area contributed by atoms with Crippen LogP contribution in [0.25, 0.3) is 0 Å². The molecule has 6 nitrogen and oxygen atoms in total. The van der Waals surface area contributed by atoms with Crippen molar-refractivity contribution in [3.63, 3.8) is 0 Å². The Hall–Kier alpha value is -1.37. The highest BCUT2D eigenvalue weighted by Crippen LogP contribution is 1.99. The van der Waals surface area contributed by atoms with Crippen molar-refractivity contribution >= 4 is 5.97 Å². The molecule has 0 aromatic rings. The molecular formula is C15H26O6. The van der Waals surface area contributed by atoms with E-state index in [4.69, 9.17) is 23.7 Å². The van der Waals surface area contributed by atoms with Crippen LogP contribution in [0.1, 0.15) is 20.8 Å². The lowest BCUT2D eigenvalue weighted by atomic mass is 10.4. The lowest BCUT2D eigenvalue weighted by molar-refractivity contribution is -0.157. The Balaban J connectivity index is 3.71. The van der Waals surface area contributed by atoms with Gasteiger partial charge in [0.15, 0.2) is 0 Å². The Bertz CT molecular complexity index is 313. The highest BCUT2D eigenvalue weighted by molar-refractivity contribution is 5.86. The fourth-order valence-electron chi connectivity index (χ4n) is 1.19. The minimum atomic E-state index is -0.560. The van der Waals surface area contributed by atoms with E-state index in [1.807, 2.05) is 13.8 Å². The fraction of sp³-hybridized carbons (Fsp3) is 0.667. The molecule has 21 heavy (non-hydrogen) atoms. The smallest absolute Gasteiger partial charge is 0.333 e. The molecule has 6 heteroatoms. The second kappa shape index (κ2) is 12.4. The zero-order valence-electron chi connectivity index (χ0n) is 13.1. The fourth-order valence-corrected chi connectivity index (χ4v) is 1.19. The topological polar surface area (TPSA) is 63.2 Å². The van der Waals surface area contributed by atoms with Crippen LogP contribution < -0.4 is 0 Å². The minimum absolute atomic E-state index is 0.156. The monoisotopic (exact) mass is 302 g/mol. The number of ether oxygens (including phenoxy) is 5. The molecule has 0 N–H and O–H groups in total. The van der Waals surface area contributed by atoms with Crippen LogP contribution in [0.5, 0.6) is 0 Å². The van der Waals surface area contributed by atoms with Gasteiger partial charge in [0.1, 0.15) is 13.2 Å². The quantitative estimate of drug-likeness (QED) is 0.171. The van der Waals surface area contributed by atoms with Gasteiger partial charge < -0.3 is 23.7 Å². The summed E-state index contributed by atoms with van der Waals surface area (Å²) in [5.74, 6) is -0.431. The SMILES string of the molecule is C=COC(COCCOC(=O)C(=C)C)OCCOC(C)C. The number of esters is 1. The second-order valence-electron chi connectivity index (χ2n) is 4.51. The molecule has 0 aliphatic rings. The first-order chi connectivity index (χ1) is 9.97. The van der Waals surface area contributed by atoms with E-state index >= 15 is 0 Å². The van der Waals surface area contributed by atoms with Crippen LogP contribution in [0.3, 0.4) is 0 Å². The van der Waals surface area contributed by atoms with Crippen molar-refractivity contribution < 1.29 is 28.5 Å². The Morgan fingerprint density at radius 1 is 1.14 bits per heavy atom. The number of carbonyl (C=O) groups is 1. The first-order valence-electron chi connectivity index (χ1n) is 6.87. The Labute approximate surface area is 126 Å². The van der Waals surface area contributed by atoms with Gasteiger partial charge in [0.05, 0.1) is 32.2 Å². The number of carbonyl (C=O) groups excluding carboxylic acids is 1. The van der Waals surface area contributed by atoms with Crippen molar-refractivity contribution in [3.05, 3.63) is 25.0 Å². The van der Waals surface area contributed by atoms with Gasteiger partial charge in [-0.1, -0.05) is 13.2 Å². The van der Waals surface area contributed by atoms with E-state index in [9.17, 15) is 4.79 Å². The summed E-state index contributed by atoms with van der Waals surface area (Å²) in [6, 6.07) is 0. The van der Waals surface area contributed by atoms with Crippen LogP contribution in [-0.2, 0) is 28.5 Å². The molecule has 0 radical (unpaired) electrons. The minimum Gasteiger partial charge on any atom is -0.471 e. The second-order valence-corrected chi connectivity index (χ2v) is 4.51. The maximum Gasteiger partial charge on any atom is 0.333 e. The molecule has 0 aromatic carbocycles. The number of rotatable bonds is 13. The van der Waals surface area contributed by atoms with E-state index in [0.717, 1.165) is 0 Å². The maximum atomic E-state index is 11.1. The molecule has 0 amide bonds. The molecule has 0 fully saturated rings. The lowest BCUT2D eigenvalue weighted by Gasteiger charge is -2.18. The lowest BCUT2D eigenvalue weighted by Crippen LogP contribution is -2.25. The van der Waals surface area contributed by atoms with Crippen LogP contribution in [0, 0.1) is 0 Å². The van der Waals surface area contributed by atoms with Crippen molar-refractivity contribution in [2.75, 3.05) is 33.0 Å². The third kappa shape index (κ3) is 12.1. The van der Waals surface area contributed by atoms with Gasteiger partial charge in [0.25, 0.3) is 0 Å². The Morgan fingerprint density at radius 3 is 2.38 bits per heavy atom. The average molecular weight is 302 g/mol. The highest BCUT2D eigenvalue weighted by atomic mass is 16.7. The van der Waals surface area contributed by atoms with Crippen molar-refractivity contribution in [2.45, 2.75) is 33.2 Å². The first kappa shape index (κ1) is 19.6. The third-order valence-corrected chi connectivity index (χ3v) is 2.15. The van der Waals surface area contributed by atoms with E-state index in [-0.39, 0.29) is 25.9 Å². The van der Waals surface area contributed by atoms with Crippen molar-refractivity contribution in [3.8, 4) is 0 Å². The summed E-state index contributed by atoms with van der Waals surface area (Å²) in [7, 11) is 0. The summed E-state index contributed by atoms with van der Waals surface area (Å²) in [4.78, 5) is 11.1. The van der Waals surface area contributed by atoms with Crippen LogP contribution >= 0.6 is 0 Å². The molecule has 0 saturated carbocycles. The van der Waals surface area contributed by atoms with E-state index in [1.54, 1.807) is 6.92 Å². The van der Waals surface area contributed by atoms with Gasteiger partial charge in [0.2, 0.25) is 6.29 Å². The molecule has 0 aromatic heterocycles. The molecule has 0 aliphatic heterocycles. The first-order valence-corrected chi connectivity index (χ1v) is 6.87. The van der Waals surface area contributed by atoms with Crippen LogP contribution in [-0.4, -0.2) is 51.4 Å². The van der Waals surface area contributed by atoms with E-state index in [2.05, 4.69) is 13.2 Å². The van der Waals surface area contributed by atoms with E-state index < -0.39 is 12.3 Å². The highest BCUT2D eigenvalue weighted by Gasteiger charge is 2.09. The van der Waals surface area contributed by atoms with Crippen LogP contribution in [0.4, 0.5) is 0 Å². The number of hydrogen-bond acceptors (Lipinski definition) is 6. The average Bonchev–Trinajstić information content (AvgIpc) is 2.42. The predicted octanol–water partition coefficient (Wildman–Crippen LogP) is 2.05. The van der Waals surface area contributed by atoms with Crippen molar-refractivity contribution in [1.29, 1.82) is 0 Å². The molecule has 0 heterocycles. The summed E-state index contributed by atoms with van der Waals surface area (Å²) >= 11 is 0. The van der Waals surface area contributed by atoms with Crippen molar-refractivity contribution in [2.24, 2.45) is 0 Å². The Kier molecular flexibility index (Phi) is 11.6. The summed E-state index contributed by atoms with van der Waals surface area (Å²) < 4.78 is 26.1. The molecule has 0 spiro atoms. The maximum absolute atomic E-state index is 11.1. The molecule has 122 valence electrons. The van der Waals surface area contributed by atoms with Gasteiger partial charge in [-0.25, -0.2) is 4.79 Å². The molecular weight excluding hydrogens is 276 g/mol. The molecule has 0 saturated heterocycles. The molecule has 1 atom stereocenters.